The third-order valence-electron chi connectivity index (χ3n) is 1.79. The van der Waals surface area contributed by atoms with Gasteiger partial charge in [0, 0.05) is 6.54 Å². The summed E-state index contributed by atoms with van der Waals surface area (Å²) in [6, 6.07) is -0.633. The number of nitrogens with one attached hydrogen (secondary N) is 1. The molecule has 1 unspecified atom stereocenters. The van der Waals surface area contributed by atoms with Gasteiger partial charge in [-0.3, -0.25) is 9.79 Å². The Morgan fingerprint density at radius 2 is 2.18 bits per heavy atom. The predicted octanol–water partition coefficient (Wildman–Crippen LogP) is -0.860. The first kappa shape index (κ1) is 17.9. The largest absolute Gasteiger partial charge is 0.464 e. The zero-order valence-corrected chi connectivity index (χ0v) is 10.5. The highest BCUT2D eigenvalue weighted by Gasteiger charge is 2.17. The number of rotatable bonds is 8. The number of ether oxygens (including phenoxy) is 1. The van der Waals surface area contributed by atoms with Crippen molar-refractivity contribution in [2.24, 2.45) is 16.5 Å². The van der Waals surface area contributed by atoms with Crippen LogP contribution in [0.4, 0.5) is 0 Å². The Morgan fingerprint density at radius 1 is 1.53 bits per heavy atom. The summed E-state index contributed by atoms with van der Waals surface area (Å²) in [5.41, 5.74) is 10.3. The number of carbonyl (C=O) groups is 2. The molecule has 1 amide bonds. The van der Waals surface area contributed by atoms with E-state index in [1.54, 1.807) is 6.92 Å². The number of aliphatic imine (C=N–C) groups is 1. The van der Waals surface area contributed by atoms with Crippen LogP contribution >= 0.6 is 12.4 Å². The summed E-state index contributed by atoms with van der Waals surface area (Å²) in [6.45, 7) is 2.40. The van der Waals surface area contributed by atoms with E-state index in [1.807, 2.05) is 0 Å². The van der Waals surface area contributed by atoms with Gasteiger partial charge in [0.25, 0.3) is 0 Å². The van der Waals surface area contributed by atoms with Crippen molar-refractivity contribution in [2.45, 2.75) is 25.8 Å². The van der Waals surface area contributed by atoms with Gasteiger partial charge < -0.3 is 21.5 Å². The maximum Gasteiger partial charge on any atom is 0.328 e. The van der Waals surface area contributed by atoms with Crippen LogP contribution in [0.15, 0.2) is 4.99 Å². The van der Waals surface area contributed by atoms with Gasteiger partial charge in [-0.1, -0.05) is 0 Å². The molecule has 0 saturated heterocycles. The molecule has 0 aromatic heterocycles. The molecule has 1 atom stereocenters. The van der Waals surface area contributed by atoms with E-state index in [2.05, 4.69) is 10.3 Å². The molecule has 0 rings (SSSR count). The number of hydrogen-bond donors (Lipinski definition) is 3. The number of nitrogens with two attached hydrogens (primary N) is 2. The van der Waals surface area contributed by atoms with E-state index in [0.29, 0.717) is 25.8 Å². The first-order chi connectivity index (χ1) is 7.61. The summed E-state index contributed by atoms with van der Waals surface area (Å²) in [6.07, 6.45) is 1.50. The minimum atomic E-state index is -0.633. The van der Waals surface area contributed by atoms with Crippen molar-refractivity contribution in [3.05, 3.63) is 0 Å². The zero-order valence-electron chi connectivity index (χ0n) is 9.72. The molecule has 0 aromatic rings. The highest BCUT2D eigenvalue weighted by molar-refractivity contribution is 5.85. The number of esters is 1. The lowest BCUT2D eigenvalue weighted by Crippen LogP contribution is -2.37. The molecule has 0 aliphatic carbocycles. The minimum absolute atomic E-state index is 0. The molecule has 0 aromatic carbocycles. The van der Waals surface area contributed by atoms with Gasteiger partial charge in [0.15, 0.2) is 5.96 Å². The summed E-state index contributed by atoms with van der Waals surface area (Å²) in [5.74, 6) is -0.435. The molecule has 0 aliphatic rings. The first-order valence-electron chi connectivity index (χ1n) is 5.03. The number of hydrogen-bond acceptors (Lipinski definition) is 4. The van der Waals surface area contributed by atoms with Gasteiger partial charge in [-0.2, -0.15) is 0 Å². The molecule has 17 heavy (non-hydrogen) atoms. The minimum Gasteiger partial charge on any atom is -0.464 e. The predicted molar refractivity (Wildman–Crippen MR) is 66.8 cm³/mol. The average molecular weight is 267 g/mol. The van der Waals surface area contributed by atoms with Crippen molar-refractivity contribution in [1.29, 1.82) is 0 Å². The fraction of sp³-hybridized carbons (Fsp3) is 0.667. The van der Waals surface area contributed by atoms with Crippen molar-refractivity contribution in [3.8, 4) is 0 Å². The number of carbonyl (C=O) groups excluding carboxylic acids is 2. The Kier molecular flexibility index (Phi) is 11.6. The molecule has 0 aliphatic heterocycles. The smallest absolute Gasteiger partial charge is 0.328 e. The van der Waals surface area contributed by atoms with Gasteiger partial charge in [-0.15, -0.1) is 12.4 Å². The molecule has 8 heteroatoms. The summed E-state index contributed by atoms with van der Waals surface area (Å²) in [7, 11) is 0. The number of nitrogens with zero attached hydrogens (tertiary/aromatic N) is 1. The normalized spacial score (nSPS) is 10.6. The van der Waals surface area contributed by atoms with Crippen LogP contribution in [-0.2, 0) is 14.3 Å². The topological polar surface area (TPSA) is 120 Å². The van der Waals surface area contributed by atoms with Crippen LogP contribution in [0, 0.1) is 0 Å². The van der Waals surface area contributed by atoms with E-state index in [-0.39, 0.29) is 25.0 Å². The molecule has 0 spiro atoms. The van der Waals surface area contributed by atoms with Crippen LogP contribution in [0.5, 0.6) is 0 Å². The first-order valence-corrected chi connectivity index (χ1v) is 5.03. The Bertz CT molecular complexity index is 257. The maximum absolute atomic E-state index is 11.3. The number of amides is 1. The second-order valence-electron chi connectivity index (χ2n) is 3.04. The lowest BCUT2D eigenvalue weighted by atomic mass is 10.1. The van der Waals surface area contributed by atoms with Crippen molar-refractivity contribution in [2.75, 3.05) is 13.2 Å². The van der Waals surface area contributed by atoms with E-state index in [9.17, 15) is 9.59 Å². The zero-order chi connectivity index (χ0) is 12.4. The molecule has 0 radical (unpaired) electrons. The van der Waals surface area contributed by atoms with Crippen LogP contribution in [0.1, 0.15) is 19.8 Å². The molecule has 0 fully saturated rings. The molecule has 100 valence electrons. The molecule has 0 bridgehead atoms. The van der Waals surface area contributed by atoms with E-state index in [1.165, 1.54) is 0 Å². The van der Waals surface area contributed by atoms with Crippen LogP contribution < -0.4 is 16.8 Å². The highest BCUT2D eigenvalue weighted by atomic mass is 35.5. The third-order valence-corrected chi connectivity index (χ3v) is 1.79. The fourth-order valence-corrected chi connectivity index (χ4v) is 1.10. The average Bonchev–Trinajstić information content (AvgIpc) is 2.22. The van der Waals surface area contributed by atoms with Crippen molar-refractivity contribution < 1.29 is 14.3 Å². The van der Waals surface area contributed by atoms with E-state index in [0.717, 1.165) is 0 Å². The summed E-state index contributed by atoms with van der Waals surface area (Å²) in [4.78, 5) is 25.4. The summed E-state index contributed by atoms with van der Waals surface area (Å²) in [5, 5.41) is 2.39. The summed E-state index contributed by atoms with van der Waals surface area (Å²) >= 11 is 0. The van der Waals surface area contributed by atoms with Gasteiger partial charge in [-0.25, -0.2) is 4.79 Å². The summed E-state index contributed by atoms with van der Waals surface area (Å²) < 4.78 is 4.79. The van der Waals surface area contributed by atoms with E-state index in [4.69, 9.17) is 16.2 Å². The molecule has 0 heterocycles. The van der Waals surface area contributed by atoms with Crippen molar-refractivity contribution in [1.82, 2.24) is 5.32 Å². The molecule has 7 nitrogen and oxygen atoms in total. The Hall–Kier alpha value is -1.50. The van der Waals surface area contributed by atoms with Gasteiger partial charge in [0.05, 0.1) is 6.61 Å². The molecular formula is C9H19ClN4O3. The van der Waals surface area contributed by atoms with Crippen LogP contribution in [0.25, 0.3) is 0 Å². The lowest BCUT2D eigenvalue weighted by molar-refractivity contribution is -0.146. The van der Waals surface area contributed by atoms with Gasteiger partial charge in [0.2, 0.25) is 6.41 Å². The molecule has 0 saturated carbocycles. The second kappa shape index (κ2) is 11.0. The van der Waals surface area contributed by atoms with Crippen LogP contribution in [0.3, 0.4) is 0 Å². The Balaban J connectivity index is 0. The SMILES string of the molecule is CCOC(=O)C(CCCN=C(N)N)NC=O.Cl. The fourth-order valence-electron chi connectivity index (χ4n) is 1.10. The van der Waals surface area contributed by atoms with Crippen molar-refractivity contribution in [3.63, 3.8) is 0 Å². The highest BCUT2D eigenvalue weighted by Crippen LogP contribution is 2.00. The monoisotopic (exact) mass is 266 g/mol. The number of halogens is 1. The van der Waals surface area contributed by atoms with Gasteiger partial charge in [-0.05, 0) is 19.8 Å². The van der Waals surface area contributed by atoms with Crippen molar-refractivity contribution >= 4 is 30.7 Å². The van der Waals surface area contributed by atoms with Gasteiger partial charge >= 0.3 is 5.97 Å². The standard InChI is InChI=1S/C9H18N4O3.ClH/c1-2-16-8(15)7(13-6-14)4-3-5-12-9(10)11;/h6-7H,2-5H2,1H3,(H,13,14)(H4,10,11,12);1H. The van der Waals surface area contributed by atoms with Gasteiger partial charge in [0.1, 0.15) is 6.04 Å². The Labute approximate surface area is 106 Å². The molecular weight excluding hydrogens is 248 g/mol. The Morgan fingerprint density at radius 3 is 2.65 bits per heavy atom. The second-order valence-corrected chi connectivity index (χ2v) is 3.04. The quantitative estimate of drug-likeness (QED) is 0.174. The maximum atomic E-state index is 11.3. The van der Waals surface area contributed by atoms with Crippen LogP contribution in [-0.4, -0.2) is 37.5 Å². The van der Waals surface area contributed by atoms with Crippen LogP contribution in [0.2, 0.25) is 0 Å². The third kappa shape index (κ3) is 9.43. The van der Waals surface area contributed by atoms with E-state index < -0.39 is 12.0 Å². The lowest BCUT2D eigenvalue weighted by Gasteiger charge is -2.13. The number of guanidine groups is 1. The van der Waals surface area contributed by atoms with E-state index >= 15 is 0 Å². The molecule has 5 N–H and O–H groups in total.